The molecule has 0 saturated carbocycles. The van der Waals surface area contributed by atoms with Crippen LogP contribution in [0.1, 0.15) is 16.8 Å². The largest absolute Gasteiger partial charge is 0.383 e. The second-order valence-corrected chi connectivity index (χ2v) is 4.19. The van der Waals surface area contributed by atoms with Crippen molar-refractivity contribution in [1.29, 1.82) is 5.26 Å². The summed E-state index contributed by atoms with van der Waals surface area (Å²) >= 11 is 4.27. The Morgan fingerprint density at radius 3 is 2.78 bits per heavy atom. The maximum absolute atomic E-state index is 12.3. The second kappa shape index (κ2) is 7.75. The lowest BCUT2D eigenvalue weighted by Gasteiger charge is -2.21. The number of amides is 1. The molecule has 0 atom stereocenters. The molecule has 0 saturated heterocycles. The molecule has 1 aromatic rings. The van der Waals surface area contributed by atoms with Gasteiger partial charge in [0.05, 0.1) is 24.7 Å². The summed E-state index contributed by atoms with van der Waals surface area (Å²) in [7, 11) is 1.58. The van der Waals surface area contributed by atoms with E-state index < -0.39 is 0 Å². The number of carbonyl (C=O) groups excluding carboxylic acids is 1. The highest BCUT2D eigenvalue weighted by atomic mass is 32.1. The van der Waals surface area contributed by atoms with Crippen LogP contribution in [-0.4, -0.2) is 37.6 Å². The first-order valence-electron chi connectivity index (χ1n) is 5.64. The number of carbonyl (C=O) groups is 1. The molecule has 18 heavy (non-hydrogen) atoms. The predicted octanol–water partition coefficient (Wildman–Crippen LogP) is 1.98. The molecule has 0 aliphatic heterocycles. The molecule has 0 bridgehead atoms. The number of methoxy groups -OCH3 is 1. The lowest BCUT2D eigenvalue weighted by molar-refractivity contribution is 0.0696. The minimum Gasteiger partial charge on any atom is -0.383 e. The van der Waals surface area contributed by atoms with Crippen molar-refractivity contribution in [1.82, 2.24) is 4.90 Å². The average molecular weight is 264 g/mol. The molecule has 1 rings (SSSR count). The Morgan fingerprint density at radius 2 is 2.17 bits per heavy atom. The summed E-state index contributed by atoms with van der Waals surface area (Å²) in [6.07, 6.45) is 0.310. The van der Waals surface area contributed by atoms with Crippen molar-refractivity contribution >= 4 is 18.5 Å². The van der Waals surface area contributed by atoms with Crippen LogP contribution < -0.4 is 0 Å². The molecule has 0 heterocycles. The zero-order valence-electron chi connectivity index (χ0n) is 10.3. The maximum atomic E-state index is 12.3. The molecule has 0 unspecified atom stereocenters. The highest BCUT2D eigenvalue weighted by Gasteiger charge is 2.16. The Labute approximate surface area is 113 Å². The van der Waals surface area contributed by atoms with Crippen molar-refractivity contribution in [3.05, 3.63) is 29.8 Å². The second-order valence-electron chi connectivity index (χ2n) is 3.71. The number of nitrogens with zero attached hydrogens (tertiary/aromatic N) is 2. The van der Waals surface area contributed by atoms with Crippen LogP contribution >= 0.6 is 12.6 Å². The number of hydrogen-bond acceptors (Lipinski definition) is 4. The van der Waals surface area contributed by atoms with E-state index in [4.69, 9.17) is 10.00 Å². The van der Waals surface area contributed by atoms with E-state index in [9.17, 15) is 4.79 Å². The van der Waals surface area contributed by atoms with Gasteiger partial charge >= 0.3 is 0 Å². The molecule has 5 heteroatoms. The van der Waals surface area contributed by atoms with Crippen LogP contribution in [0.2, 0.25) is 0 Å². The topological polar surface area (TPSA) is 53.3 Å². The smallest absolute Gasteiger partial charge is 0.255 e. The fourth-order valence-corrected chi connectivity index (χ4v) is 1.78. The third kappa shape index (κ3) is 4.06. The van der Waals surface area contributed by atoms with E-state index in [1.54, 1.807) is 30.2 Å². The van der Waals surface area contributed by atoms with Gasteiger partial charge in [-0.2, -0.15) is 5.26 Å². The lowest BCUT2D eigenvalue weighted by Crippen LogP contribution is -2.34. The first-order valence-corrected chi connectivity index (χ1v) is 6.08. The van der Waals surface area contributed by atoms with E-state index in [2.05, 4.69) is 12.6 Å². The molecule has 1 aromatic carbocycles. The minimum atomic E-state index is -0.118. The van der Waals surface area contributed by atoms with Crippen molar-refractivity contribution in [3.63, 3.8) is 0 Å². The monoisotopic (exact) mass is 264 g/mol. The van der Waals surface area contributed by atoms with E-state index in [1.165, 1.54) is 0 Å². The normalized spacial score (nSPS) is 9.83. The van der Waals surface area contributed by atoms with Gasteiger partial charge in [-0.15, -0.1) is 12.6 Å². The van der Waals surface area contributed by atoms with E-state index >= 15 is 0 Å². The zero-order chi connectivity index (χ0) is 13.4. The predicted molar refractivity (Wildman–Crippen MR) is 71.7 cm³/mol. The summed E-state index contributed by atoms with van der Waals surface area (Å²) in [5.41, 5.74) is 0.551. The minimum absolute atomic E-state index is 0.118. The van der Waals surface area contributed by atoms with Gasteiger partial charge in [0.15, 0.2) is 0 Å². The van der Waals surface area contributed by atoms with E-state index in [0.717, 1.165) is 0 Å². The van der Waals surface area contributed by atoms with Gasteiger partial charge in [-0.25, -0.2) is 0 Å². The standard InChI is InChI=1S/C13H16N2O2S/c1-17-10-9-15(8-4-7-14)13(16)11-5-2-3-6-12(11)18/h2-3,5-6,18H,4,8-10H2,1H3. The number of hydrogen-bond donors (Lipinski definition) is 1. The third-order valence-corrected chi connectivity index (χ3v) is 2.87. The Balaban J connectivity index is 2.81. The summed E-state index contributed by atoms with van der Waals surface area (Å²) in [4.78, 5) is 14.5. The fourth-order valence-electron chi connectivity index (χ4n) is 1.53. The first kappa shape index (κ1) is 14.6. The molecule has 0 spiro atoms. The summed E-state index contributed by atoms with van der Waals surface area (Å²) in [6.45, 7) is 1.33. The molecule has 0 aliphatic rings. The lowest BCUT2D eigenvalue weighted by atomic mass is 10.2. The van der Waals surface area contributed by atoms with Gasteiger partial charge < -0.3 is 9.64 Å². The summed E-state index contributed by atoms with van der Waals surface area (Å²) in [5, 5.41) is 8.61. The molecule has 1 amide bonds. The van der Waals surface area contributed by atoms with Crippen molar-refractivity contribution in [2.45, 2.75) is 11.3 Å². The molecule has 4 nitrogen and oxygen atoms in total. The van der Waals surface area contributed by atoms with Crippen LogP contribution in [0.4, 0.5) is 0 Å². The van der Waals surface area contributed by atoms with Crippen molar-refractivity contribution in [2.75, 3.05) is 26.8 Å². The molecule has 0 N–H and O–H groups in total. The number of benzene rings is 1. The third-order valence-electron chi connectivity index (χ3n) is 2.48. The Kier molecular flexibility index (Phi) is 6.26. The average Bonchev–Trinajstić information content (AvgIpc) is 2.39. The SMILES string of the molecule is COCCN(CCC#N)C(=O)c1ccccc1S. The Morgan fingerprint density at radius 1 is 1.44 bits per heavy atom. The van der Waals surface area contributed by atoms with Gasteiger partial charge in [0.25, 0.3) is 5.91 Å². The highest BCUT2D eigenvalue weighted by molar-refractivity contribution is 7.80. The van der Waals surface area contributed by atoms with E-state index in [0.29, 0.717) is 36.6 Å². The molecule has 0 fully saturated rings. The molecule has 0 aliphatic carbocycles. The van der Waals surface area contributed by atoms with Crippen molar-refractivity contribution in [3.8, 4) is 6.07 Å². The number of nitriles is 1. The number of ether oxygens (including phenoxy) is 1. The quantitative estimate of drug-likeness (QED) is 0.799. The van der Waals surface area contributed by atoms with Crippen LogP contribution in [0.3, 0.4) is 0 Å². The van der Waals surface area contributed by atoms with Crippen LogP contribution in [0.5, 0.6) is 0 Å². The van der Waals surface area contributed by atoms with E-state index in [1.807, 2.05) is 12.1 Å². The fraction of sp³-hybridized carbons (Fsp3) is 0.385. The number of thiol groups is 1. The van der Waals surface area contributed by atoms with Gasteiger partial charge in [-0.1, -0.05) is 12.1 Å². The zero-order valence-corrected chi connectivity index (χ0v) is 11.2. The molecule has 0 aromatic heterocycles. The summed E-state index contributed by atoms with van der Waals surface area (Å²) in [6, 6.07) is 9.17. The van der Waals surface area contributed by atoms with Gasteiger partial charge in [0.1, 0.15) is 0 Å². The molecule has 96 valence electrons. The summed E-state index contributed by atoms with van der Waals surface area (Å²) < 4.78 is 4.97. The first-order chi connectivity index (χ1) is 8.70. The van der Waals surface area contributed by atoms with Crippen molar-refractivity contribution < 1.29 is 9.53 Å². The Hall–Kier alpha value is -1.51. The van der Waals surface area contributed by atoms with Crippen LogP contribution in [-0.2, 0) is 4.74 Å². The van der Waals surface area contributed by atoms with Crippen LogP contribution in [0, 0.1) is 11.3 Å². The Bertz CT molecular complexity index is 443. The van der Waals surface area contributed by atoms with Crippen LogP contribution in [0.25, 0.3) is 0 Å². The highest BCUT2D eigenvalue weighted by Crippen LogP contribution is 2.15. The maximum Gasteiger partial charge on any atom is 0.255 e. The molecular weight excluding hydrogens is 248 g/mol. The molecule has 0 radical (unpaired) electrons. The van der Waals surface area contributed by atoms with Crippen LogP contribution in [0.15, 0.2) is 29.2 Å². The number of rotatable bonds is 6. The van der Waals surface area contributed by atoms with Crippen molar-refractivity contribution in [2.24, 2.45) is 0 Å². The van der Waals surface area contributed by atoms with E-state index in [-0.39, 0.29) is 5.91 Å². The van der Waals surface area contributed by atoms with Gasteiger partial charge in [0, 0.05) is 25.1 Å². The van der Waals surface area contributed by atoms with Gasteiger partial charge in [-0.05, 0) is 12.1 Å². The van der Waals surface area contributed by atoms with Gasteiger partial charge in [-0.3, -0.25) is 4.79 Å². The molecular formula is C13H16N2O2S. The van der Waals surface area contributed by atoms with Gasteiger partial charge in [0.2, 0.25) is 0 Å². The summed E-state index contributed by atoms with van der Waals surface area (Å²) in [5.74, 6) is -0.118.